The highest BCUT2D eigenvalue weighted by molar-refractivity contribution is 9.10. The van der Waals surface area contributed by atoms with Gasteiger partial charge < -0.3 is 10.5 Å². The van der Waals surface area contributed by atoms with Crippen LogP contribution in [0.4, 0.5) is 0 Å². The van der Waals surface area contributed by atoms with Gasteiger partial charge in [0.15, 0.2) is 0 Å². The van der Waals surface area contributed by atoms with Crippen molar-refractivity contribution in [2.45, 2.75) is 4.90 Å². The lowest BCUT2D eigenvalue weighted by atomic mass is 10.3. The molecule has 0 atom stereocenters. The van der Waals surface area contributed by atoms with Crippen molar-refractivity contribution in [2.24, 2.45) is 5.73 Å². The van der Waals surface area contributed by atoms with Gasteiger partial charge in [0, 0.05) is 20.1 Å². The molecule has 17 heavy (non-hydrogen) atoms. The minimum atomic E-state index is -3.48. The molecule has 0 saturated heterocycles. The van der Waals surface area contributed by atoms with Gasteiger partial charge in [-0.25, -0.2) is 8.42 Å². The largest absolute Gasteiger partial charge is 0.496 e. The van der Waals surface area contributed by atoms with Crippen LogP contribution < -0.4 is 10.5 Å². The smallest absolute Gasteiger partial charge is 0.242 e. The Balaban J connectivity index is 3.12. The Morgan fingerprint density at radius 2 is 2.12 bits per heavy atom. The van der Waals surface area contributed by atoms with Crippen molar-refractivity contribution >= 4 is 26.0 Å². The number of ether oxygens (including phenoxy) is 1. The Hall–Kier alpha value is -0.630. The van der Waals surface area contributed by atoms with E-state index in [0.29, 0.717) is 10.2 Å². The molecule has 0 fully saturated rings. The highest BCUT2D eigenvalue weighted by atomic mass is 79.9. The number of methoxy groups -OCH3 is 1. The standard InChI is InChI=1S/C10H15BrN2O3S/c1-13(6-5-12)17(14,15)8-3-4-10(16-2)9(11)7-8/h3-4,7H,5-6,12H2,1-2H3. The third-order valence-corrected chi connectivity index (χ3v) is 4.75. The summed E-state index contributed by atoms with van der Waals surface area (Å²) in [5.74, 6) is 0.588. The molecule has 0 aliphatic carbocycles. The molecule has 0 heterocycles. The molecule has 0 aliphatic rings. The Labute approximate surface area is 110 Å². The number of likely N-dealkylation sites (N-methyl/N-ethyl adjacent to an activating group) is 1. The second-order valence-corrected chi connectivity index (χ2v) is 6.31. The van der Waals surface area contributed by atoms with Crippen LogP contribution >= 0.6 is 15.9 Å². The topological polar surface area (TPSA) is 72.6 Å². The maximum atomic E-state index is 12.1. The van der Waals surface area contributed by atoms with Gasteiger partial charge in [-0.1, -0.05) is 0 Å². The zero-order valence-corrected chi connectivity index (χ0v) is 12.1. The molecule has 0 saturated carbocycles. The first-order chi connectivity index (χ1) is 7.93. The summed E-state index contributed by atoms with van der Waals surface area (Å²) in [4.78, 5) is 0.209. The summed E-state index contributed by atoms with van der Waals surface area (Å²) in [6.45, 7) is 0.568. The molecule has 0 unspecified atom stereocenters. The fraction of sp³-hybridized carbons (Fsp3) is 0.400. The first kappa shape index (κ1) is 14.4. The van der Waals surface area contributed by atoms with E-state index in [1.54, 1.807) is 6.07 Å². The van der Waals surface area contributed by atoms with Gasteiger partial charge in [0.25, 0.3) is 0 Å². The van der Waals surface area contributed by atoms with Gasteiger partial charge in [0.05, 0.1) is 16.5 Å². The zero-order chi connectivity index (χ0) is 13.1. The fourth-order valence-corrected chi connectivity index (χ4v) is 3.19. The summed E-state index contributed by atoms with van der Waals surface area (Å²) in [6.07, 6.45) is 0. The van der Waals surface area contributed by atoms with Crippen LogP contribution in [0.3, 0.4) is 0 Å². The van der Waals surface area contributed by atoms with Crippen LogP contribution in [0.15, 0.2) is 27.6 Å². The lowest BCUT2D eigenvalue weighted by Crippen LogP contribution is -2.31. The summed E-state index contributed by atoms with van der Waals surface area (Å²) in [6, 6.07) is 4.63. The minimum Gasteiger partial charge on any atom is -0.496 e. The molecule has 1 aromatic rings. The second kappa shape index (κ2) is 5.81. The molecule has 1 aromatic carbocycles. The molecule has 0 bridgehead atoms. The number of sulfonamides is 1. The first-order valence-electron chi connectivity index (χ1n) is 4.93. The van der Waals surface area contributed by atoms with Gasteiger partial charge in [0.2, 0.25) is 10.0 Å². The van der Waals surface area contributed by atoms with Crippen molar-refractivity contribution in [3.63, 3.8) is 0 Å². The second-order valence-electron chi connectivity index (χ2n) is 3.41. The summed E-state index contributed by atoms with van der Waals surface area (Å²) in [5, 5.41) is 0. The normalized spacial score (nSPS) is 11.8. The Morgan fingerprint density at radius 3 is 2.59 bits per heavy atom. The summed E-state index contributed by atoms with van der Waals surface area (Å²) < 4.78 is 31.0. The van der Waals surface area contributed by atoms with Crippen LogP contribution in [0.5, 0.6) is 5.75 Å². The van der Waals surface area contributed by atoms with E-state index < -0.39 is 10.0 Å². The average Bonchev–Trinajstić information content (AvgIpc) is 2.29. The van der Waals surface area contributed by atoms with Crippen molar-refractivity contribution in [1.29, 1.82) is 0 Å². The van der Waals surface area contributed by atoms with E-state index in [0.717, 1.165) is 0 Å². The van der Waals surface area contributed by atoms with Gasteiger partial charge in [-0.3, -0.25) is 0 Å². The number of benzene rings is 1. The van der Waals surface area contributed by atoms with Crippen molar-refractivity contribution in [2.75, 3.05) is 27.2 Å². The Morgan fingerprint density at radius 1 is 1.47 bits per heavy atom. The van der Waals surface area contributed by atoms with E-state index in [1.165, 1.54) is 30.6 Å². The predicted molar refractivity (Wildman–Crippen MR) is 69.6 cm³/mol. The average molecular weight is 323 g/mol. The number of nitrogens with two attached hydrogens (primary N) is 1. The lowest BCUT2D eigenvalue weighted by molar-refractivity contribution is 0.411. The van der Waals surface area contributed by atoms with Crippen LogP contribution in [-0.2, 0) is 10.0 Å². The van der Waals surface area contributed by atoms with Gasteiger partial charge in [-0.15, -0.1) is 0 Å². The van der Waals surface area contributed by atoms with Crippen molar-refractivity contribution in [3.05, 3.63) is 22.7 Å². The van der Waals surface area contributed by atoms with Crippen LogP contribution in [0, 0.1) is 0 Å². The number of hydrogen-bond donors (Lipinski definition) is 1. The van der Waals surface area contributed by atoms with Crippen molar-refractivity contribution in [1.82, 2.24) is 4.31 Å². The highest BCUT2D eigenvalue weighted by Crippen LogP contribution is 2.28. The van der Waals surface area contributed by atoms with E-state index in [-0.39, 0.29) is 18.0 Å². The summed E-state index contributed by atoms with van der Waals surface area (Å²) >= 11 is 3.26. The molecule has 0 aromatic heterocycles. The van der Waals surface area contributed by atoms with E-state index in [1.807, 2.05) is 0 Å². The lowest BCUT2D eigenvalue weighted by Gasteiger charge is -2.16. The molecule has 5 nitrogen and oxygen atoms in total. The number of halogens is 1. The Kier molecular flexibility index (Phi) is 4.93. The van der Waals surface area contributed by atoms with Crippen LogP contribution in [0.25, 0.3) is 0 Å². The fourth-order valence-electron chi connectivity index (χ4n) is 1.29. The van der Waals surface area contributed by atoms with E-state index in [9.17, 15) is 8.42 Å². The van der Waals surface area contributed by atoms with Gasteiger partial charge in [-0.05, 0) is 34.1 Å². The Bertz CT molecular complexity index is 490. The molecule has 0 radical (unpaired) electrons. The van der Waals surface area contributed by atoms with Crippen LogP contribution in [-0.4, -0.2) is 40.0 Å². The molecule has 0 amide bonds. The zero-order valence-electron chi connectivity index (χ0n) is 9.68. The van der Waals surface area contributed by atoms with Crippen molar-refractivity contribution in [3.8, 4) is 5.75 Å². The quantitative estimate of drug-likeness (QED) is 0.879. The number of rotatable bonds is 5. The summed E-state index contributed by atoms with van der Waals surface area (Å²) in [5.41, 5.74) is 5.34. The predicted octanol–water partition coefficient (Wildman–Crippen LogP) is 1.04. The maximum absolute atomic E-state index is 12.1. The van der Waals surface area contributed by atoms with Crippen LogP contribution in [0.2, 0.25) is 0 Å². The molecule has 0 spiro atoms. The van der Waals surface area contributed by atoms with Crippen molar-refractivity contribution < 1.29 is 13.2 Å². The molecule has 96 valence electrons. The monoisotopic (exact) mass is 322 g/mol. The third-order valence-electron chi connectivity index (χ3n) is 2.28. The minimum absolute atomic E-state index is 0.209. The van der Waals surface area contributed by atoms with E-state index in [4.69, 9.17) is 10.5 Å². The highest BCUT2D eigenvalue weighted by Gasteiger charge is 2.20. The van der Waals surface area contributed by atoms with E-state index >= 15 is 0 Å². The maximum Gasteiger partial charge on any atom is 0.242 e. The molecule has 2 N–H and O–H groups in total. The molecular formula is C10H15BrN2O3S. The summed E-state index contributed by atoms with van der Waals surface area (Å²) in [7, 11) is -0.458. The van der Waals surface area contributed by atoms with Gasteiger partial charge >= 0.3 is 0 Å². The molecule has 7 heteroatoms. The van der Waals surface area contributed by atoms with Gasteiger partial charge in [0.1, 0.15) is 5.75 Å². The number of hydrogen-bond acceptors (Lipinski definition) is 4. The van der Waals surface area contributed by atoms with Gasteiger partial charge in [-0.2, -0.15) is 4.31 Å². The number of nitrogens with zero attached hydrogens (tertiary/aromatic N) is 1. The van der Waals surface area contributed by atoms with E-state index in [2.05, 4.69) is 15.9 Å². The third kappa shape index (κ3) is 3.19. The van der Waals surface area contributed by atoms with Crippen LogP contribution in [0.1, 0.15) is 0 Å². The first-order valence-corrected chi connectivity index (χ1v) is 7.16. The SMILES string of the molecule is COc1ccc(S(=O)(=O)N(C)CCN)cc1Br. The molecular weight excluding hydrogens is 308 g/mol. The molecule has 1 rings (SSSR count). The molecule has 0 aliphatic heterocycles.